The second-order valence-corrected chi connectivity index (χ2v) is 5.96. The van der Waals surface area contributed by atoms with Crippen LogP contribution in [-0.4, -0.2) is 19.3 Å². The molecule has 1 aromatic rings. The molecule has 2 nitrogen and oxygen atoms in total. The van der Waals surface area contributed by atoms with Gasteiger partial charge in [0.15, 0.2) is 0 Å². The first kappa shape index (κ1) is 12.4. The lowest BCUT2D eigenvalue weighted by molar-refractivity contribution is 0.0603. The van der Waals surface area contributed by atoms with Crippen molar-refractivity contribution in [1.29, 1.82) is 0 Å². The molecule has 0 amide bonds. The molecule has 0 saturated heterocycles. The monoisotopic (exact) mass is 259 g/mol. The Kier molecular flexibility index (Phi) is 5.10. The van der Waals surface area contributed by atoms with Crippen molar-refractivity contribution in [3.8, 4) is 0 Å². The zero-order valence-electron chi connectivity index (χ0n) is 9.38. The van der Waals surface area contributed by atoms with Gasteiger partial charge in [-0.05, 0) is 25.0 Å². The number of rotatable bonds is 6. The van der Waals surface area contributed by atoms with Gasteiger partial charge >= 0.3 is 0 Å². The summed E-state index contributed by atoms with van der Waals surface area (Å²) >= 11 is 7.49. The third kappa shape index (κ3) is 4.06. The van der Waals surface area contributed by atoms with E-state index >= 15 is 0 Å². The topological polar surface area (TPSA) is 21.3 Å². The van der Waals surface area contributed by atoms with Gasteiger partial charge in [0, 0.05) is 18.0 Å². The summed E-state index contributed by atoms with van der Waals surface area (Å²) in [6.45, 7) is 2.64. The Morgan fingerprint density at radius 1 is 1.38 bits per heavy atom. The molecule has 1 saturated carbocycles. The highest BCUT2D eigenvalue weighted by atomic mass is 35.5. The van der Waals surface area contributed by atoms with E-state index in [4.69, 9.17) is 16.3 Å². The average molecular weight is 260 g/mol. The maximum absolute atomic E-state index is 5.85. The highest BCUT2D eigenvalue weighted by Gasteiger charge is 2.14. The molecule has 0 unspecified atom stereocenters. The predicted octanol–water partition coefficient (Wildman–Crippen LogP) is 3.45. The zero-order valence-corrected chi connectivity index (χ0v) is 10.9. The number of nitrogens with one attached hydrogen (secondary N) is 1. The Morgan fingerprint density at radius 2 is 2.19 bits per heavy atom. The number of halogens is 1. The smallest absolute Gasteiger partial charge is 0.0931 e. The molecule has 0 aromatic carbocycles. The average Bonchev–Trinajstić information content (AvgIpc) is 2.89. The Labute approximate surface area is 106 Å². The van der Waals surface area contributed by atoms with Gasteiger partial charge in [0.05, 0.1) is 17.0 Å². The van der Waals surface area contributed by atoms with Gasteiger partial charge in [-0.15, -0.1) is 11.3 Å². The van der Waals surface area contributed by atoms with Gasteiger partial charge in [0.1, 0.15) is 0 Å². The minimum absolute atomic E-state index is 0.526. The van der Waals surface area contributed by atoms with Crippen molar-refractivity contribution in [2.45, 2.75) is 38.3 Å². The van der Waals surface area contributed by atoms with Crippen LogP contribution in [-0.2, 0) is 11.3 Å². The summed E-state index contributed by atoms with van der Waals surface area (Å²) in [5.41, 5.74) is 0. The first-order valence-corrected chi connectivity index (χ1v) is 7.10. The van der Waals surface area contributed by atoms with Crippen molar-refractivity contribution in [3.05, 3.63) is 21.3 Å². The first-order chi connectivity index (χ1) is 7.84. The summed E-state index contributed by atoms with van der Waals surface area (Å²) < 4.78 is 6.62. The summed E-state index contributed by atoms with van der Waals surface area (Å²) in [6, 6.07) is 4.01. The molecule has 1 aromatic heterocycles. The summed E-state index contributed by atoms with van der Waals surface area (Å²) in [6.07, 6.45) is 5.71. The molecule has 0 spiro atoms. The molecule has 4 heteroatoms. The van der Waals surface area contributed by atoms with E-state index in [0.717, 1.165) is 24.0 Å². The van der Waals surface area contributed by atoms with Gasteiger partial charge in [0.2, 0.25) is 0 Å². The molecule has 1 N–H and O–H groups in total. The third-order valence-corrected chi connectivity index (χ3v) is 4.09. The predicted molar refractivity (Wildman–Crippen MR) is 69.2 cm³/mol. The summed E-state index contributed by atoms with van der Waals surface area (Å²) in [5, 5.41) is 3.37. The number of ether oxygens (including phenoxy) is 1. The summed E-state index contributed by atoms with van der Waals surface area (Å²) in [4.78, 5) is 1.28. The van der Waals surface area contributed by atoms with Crippen LogP contribution in [0, 0.1) is 0 Å². The lowest BCUT2D eigenvalue weighted by Gasteiger charge is -2.10. The molecular weight excluding hydrogens is 242 g/mol. The third-order valence-electron chi connectivity index (χ3n) is 2.86. The molecule has 0 radical (unpaired) electrons. The maximum Gasteiger partial charge on any atom is 0.0931 e. The molecule has 0 aliphatic heterocycles. The standard InChI is InChI=1S/C12H18ClNOS/c13-12-6-5-11(16-12)9-14-7-8-15-10-3-1-2-4-10/h5-6,10,14H,1-4,7-9H2. The van der Waals surface area contributed by atoms with Crippen LogP contribution >= 0.6 is 22.9 Å². The highest BCUT2D eigenvalue weighted by molar-refractivity contribution is 7.16. The minimum Gasteiger partial charge on any atom is -0.377 e. The van der Waals surface area contributed by atoms with Gasteiger partial charge in [-0.25, -0.2) is 0 Å². The number of thiophene rings is 1. The van der Waals surface area contributed by atoms with Crippen LogP contribution in [0.15, 0.2) is 12.1 Å². The number of hydrogen-bond donors (Lipinski definition) is 1. The fourth-order valence-corrected chi connectivity index (χ4v) is 3.07. The minimum atomic E-state index is 0.526. The fourth-order valence-electron chi connectivity index (χ4n) is 2.01. The molecule has 16 heavy (non-hydrogen) atoms. The van der Waals surface area contributed by atoms with Crippen LogP contribution in [0.3, 0.4) is 0 Å². The van der Waals surface area contributed by atoms with Crippen LogP contribution < -0.4 is 5.32 Å². The van der Waals surface area contributed by atoms with Crippen LogP contribution in [0.1, 0.15) is 30.6 Å². The molecule has 1 aliphatic rings. The second-order valence-electron chi connectivity index (χ2n) is 4.16. The summed E-state index contributed by atoms with van der Waals surface area (Å²) in [5.74, 6) is 0. The van der Waals surface area contributed by atoms with E-state index in [9.17, 15) is 0 Å². The van der Waals surface area contributed by atoms with Crippen molar-refractivity contribution < 1.29 is 4.74 Å². The Morgan fingerprint density at radius 3 is 2.88 bits per heavy atom. The highest BCUT2D eigenvalue weighted by Crippen LogP contribution is 2.21. The molecule has 90 valence electrons. The van der Waals surface area contributed by atoms with Gasteiger partial charge in [-0.1, -0.05) is 24.4 Å². The molecule has 2 rings (SSSR count). The van der Waals surface area contributed by atoms with Crippen molar-refractivity contribution in [1.82, 2.24) is 5.32 Å². The lowest BCUT2D eigenvalue weighted by atomic mass is 10.3. The Hall–Kier alpha value is -0.0900. The summed E-state index contributed by atoms with van der Waals surface area (Å²) in [7, 11) is 0. The lowest BCUT2D eigenvalue weighted by Crippen LogP contribution is -2.21. The normalized spacial score (nSPS) is 17.1. The Balaban J connectivity index is 1.51. The molecule has 1 heterocycles. The SMILES string of the molecule is Clc1ccc(CNCCOC2CCCC2)s1. The largest absolute Gasteiger partial charge is 0.377 e. The molecule has 1 aliphatic carbocycles. The van der Waals surface area contributed by atoms with Crippen molar-refractivity contribution >= 4 is 22.9 Å². The quantitative estimate of drug-likeness (QED) is 0.790. The first-order valence-electron chi connectivity index (χ1n) is 5.91. The van der Waals surface area contributed by atoms with Crippen LogP contribution in [0.5, 0.6) is 0 Å². The van der Waals surface area contributed by atoms with Gasteiger partial charge < -0.3 is 10.1 Å². The van der Waals surface area contributed by atoms with E-state index in [1.807, 2.05) is 6.07 Å². The van der Waals surface area contributed by atoms with E-state index in [0.29, 0.717) is 6.10 Å². The molecule has 1 fully saturated rings. The van der Waals surface area contributed by atoms with Crippen molar-refractivity contribution in [2.75, 3.05) is 13.2 Å². The molecule has 0 atom stereocenters. The van der Waals surface area contributed by atoms with Crippen molar-refractivity contribution in [2.24, 2.45) is 0 Å². The fraction of sp³-hybridized carbons (Fsp3) is 0.667. The van der Waals surface area contributed by atoms with Crippen LogP contribution in [0.4, 0.5) is 0 Å². The van der Waals surface area contributed by atoms with Crippen LogP contribution in [0.25, 0.3) is 0 Å². The van der Waals surface area contributed by atoms with E-state index in [2.05, 4.69) is 11.4 Å². The Bertz CT molecular complexity index is 310. The molecular formula is C12H18ClNOS. The zero-order chi connectivity index (χ0) is 11.2. The van der Waals surface area contributed by atoms with Crippen molar-refractivity contribution in [3.63, 3.8) is 0 Å². The number of hydrogen-bond acceptors (Lipinski definition) is 3. The van der Waals surface area contributed by atoms with E-state index in [-0.39, 0.29) is 0 Å². The van der Waals surface area contributed by atoms with Gasteiger partial charge in [0.25, 0.3) is 0 Å². The van der Waals surface area contributed by atoms with Crippen LogP contribution in [0.2, 0.25) is 4.34 Å². The van der Waals surface area contributed by atoms with E-state index in [1.165, 1.54) is 30.6 Å². The second kappa shape index (κ2) is 6.60. The van der Waals surface area contributed by atoms with E-state index < -0.39 is 0 Å². The maximum atomic E-state index is 5.85. The van der Waals surface area contributed by atoms with E-state index in [1.54, 1.807) is 11.3 Å². The molecule has 0 bridgehead atoms. The van der Waals surface area contributed by atoms with Gasteiger partial charge in [-0.3, -0.25) is 0 Å². The van der Waals surface area contributed by atoms with Gasteiger partial charge in [-0.2, -0.15) is 0 Å².